The minimum atomic E-state index is 0.618. The molecule has 0 aliphatic carbocycles. The lowest BCUT2D eigenvalue weighted by Gasteiger charge is -2.29. The van der Waals surface area contributed by atoms with Crippen LogP contribution in [0.4, 0.5) is 0 Å². The summed E-state index contributed by atoms with van der Waals surface area (Å²) in [6, 6.07) is 16.6. The Kier molecular flexibility index (Phi) is 5.41. The third kappa shape index (κ3) is 3.84. The van der Waals surface area contributed by atoms with Gasteiger partial charge in [0, 0.05) is 35.8 Å². The van der Waals surface area contributed by atoms with Gasteiger partial charge in [-0.15, -0.1) is 0 Å². The van der Waals surface area contributed by atoms with E-state index >= 15 is 0 Å². The molecule has 2 aromatic carbocycles. The van der Waals surface area contributed by atoms with Crippen molar-refractivity contribution >= 4 is 28.1 Å². The van der Waals surface area contributed by atoms with Gasteiger partial charge in [0.1, 0.15) is 17.3 Å². The lowest BCUT2D eigenvalue weighted by molar-refractivity contribution is 0.0693. The quantitative estimate of drug-likeness (QED) is 0.624. The molecule has 140 valence electrons. The molecule has 27 heavy (non-hydrogen) atoms. The van der Waals surface area contributed by atoms with Crippen LogP contribution in [-0.2, 0) is 11.3 Å². The van der Waals surface area contributed by atoms with Gasteiger partial charge >= 0.3 is 0 Å². The monoisotopic (exact) mass is 380 g/mol. The zero-order valence-electron chi connectivity index (χ0n) is 15.6. The molecular weight excluding hydrogens is 356 g/mol. The van der Waals surface area contributed by atoms with Gasteiger partial charge in [0.15, 0.2) is 0 Å². The summed E-state index contributed by atoms with van der Waals surface area (Å²) in [5, 5.41) is 1.20. The maximum atomic E-state index is 6.00. The van der Waals surface area contributed by atoms with Crippen molar-refractivity contribution in [2.75, 3.05) is 32.9 Å². The average molecular weight is 381 g/mol. The highest BCUT2D eigenvalue weighted by Crippen LogP contribution is 2.24. The van der Waals surface area contributed by atoms with Gasteiger partial charge in [-0.1, -0.05) is 48.6 Å². The van der Waals surface area contributed by atoms with Gasteiger partial charge in [0.2, 0.25) is 0 Å². The predicted octanol–water partition coefficient (Wildman–Crippen LogP) is 4.04. The summed E-state index contributed by atoms with van der Waals surface area (Å²) in [5.41, 5.74) is 3.47. The van der Waals surface area contributed by atoms with Crippen LogP contribution in [0.3, 0.4) is 0 Å². The first-order valence-electron chi connectivity index (χ1n) is 9.37. The fourth-order valence-electron chi connectivity index (χ4n) is 3.51. The maximum absolute atomic E-state index is 6.00. The molecule has 1 aromatic heterocycles. The van der Waals surface area contributed by atoms with E-state index in [0.717, 1.165) is 54.7 Å². The van der Waals surface area contributed by atoms with E-state index in [1.807, 2.05) is 18.2 Å². The minimum absolute atomic E-state index is 0.618. The number of thiocarbonyl (C=S) groups is 1. The molecule has 0 saturated carbocycles. The van der Waals surface area contributed by atoms with Gasteiger partial charge < -0.3 is 18.9 Å². The molecule has 1 fully saturated rings. The number of morpholine rings is 1. The minimum Gasteiger partial charge on any atom is -0.491 e. The van der Waals surface area contributed by atoms with E-state index in [9.17, 15) is 0 Å². The second-order valence-corrected chi connectivity index (χ2v) is 7.16. The number of ether oxygens (including phenoxy) is 2. The number of para-hydroxylation sites is 2. The number of hydrogen-bond donors (Lipinski definition) is 0. The molecule has 1 aliphatic rings. The van der Waals surface area contributed by atoms with Crippen molar-refractivity contribution in [2.45, 2.75) is 13.5 Å². The number of aryl methyl sites for hydroxylation is 1. The van der Waals surface area contributed by atoms with Gasteiger partial charge in [0.05, 0.1) is 19.8 Å². The highest BCUT2D eigenvalue weighted by atomic mass is 32.1. The standard InChI is InChI=1S/C22H24N2O2S/c1-17-6-2-5-9-21(17)26-15-12-24-16-19(18-7-3-4-8-20(18)24)22(27)23-10-13-25-14-11-23/h2-9,16H,10-15H2,1H3. The number of rotatable bonds is 5. The highest BCUT2D eigenvalue weighted by Gasteiger charge is 2.19. The van der Waals surface area contributed by atoms with Crippen LogP contribution in [0.15, 0.2) is 54.7 Å². The molecule has 5 heteroatoms. The van der Waals surface area contributed by atoms with Crippen molar-refractivity contribution in [1.29, 1.82) is 0 Å². The van der Waals surface area contributed by atoms with Crippen LogP contribution in [0, 0.1) is 6.92 Å². The fourth-order valence-corrected chi connectivity index (χ4v) is 3.86. The van der Waals surface area contributed by atoms with E-state index < -0.39 is 0 Å². The Morgan fingerprint density at radius 3 is 2.63 bits per heavy atom. The highest BCUT2D eigenvalue weighted by molar-refractivity contribution is 7.80. The summed E-state index contributed by atoms with van der Waals surface area (Å²) in [7, 11) is 0. The van der Waals surface area contributed by atoms with Crippen molar-refractivity contribution < 1.29 is 9.47 Å². The van der Waals surface area contributed by atoms with Crippen molar-refractivity contribution in [3.05, 3.63) is 65.9 Å². The molecule has 4 nitrogen and oxygen atoms in total. The molecule has 0 atom stereocenters. The molecule has 0 unspecified atom stereocenters. The van der Waals surface area contributed by atoms with E-state index in [1.165, 1.54) is 10.9 Å². The number of aromatic nitrogens is 1. The van der Waals surface area contributed by atoms with Crippen LogP contribution in [0.5, 0.6) is 5.75 Å². The third-order valence-electron chi connectivity index (χ3n) is 5.00. The van der Waals surface area contributed by atoms with Crippen LogP contribution in [0.1, 0.15) is 11.1 Å². The summed E-state index contributed by atoms with van der Waals surface area (Å²) in [6.45, 7) is 6.66. The van der Waals surface area contributed by atoms with Gasteiger partial charge in [-0.05, 0) is 24.6 Å². The largest absolute Gasteiger partial charge is 0.491 e. The Hall–Kier alpha value is -2.37. The molecule has 1 aliphatic heterocycles. The van der Waals surface area contributed by atoms with Gasteiger partial charge in [-0.25, -0.2) is 0 Å². The van der Waals surface area contributed by atoms with E-state index in [2.05, 4.69) is 52.9 Å². The number of fused-ring (bicyclic) bond motifs is 1. The Labute approximate surface area is 165 Å². The van der Waals surface area contributed by atoms with E-state index in [0.29, 0.717) is 6.61 Å². The Balaban J connectivity index is 1.54. The normalized spacial score (nSPS) is 14.5. The summed E-state index contributed by atoms with van der Waals surface area (Å²) in [4.78, 5) is 3.16. The number of nitrogens with zero attached hydrogens (tertiary/aromatic N) is 2. The average Bonchev–Trinajstić information content (AvgIpc) is 3.08. The maximum Gasteiger partial charge on any atom is 0.122 e. The second-order valence-electron chi connectivity index (χ2n) is 6.77. The first-order chi connectivity index (χ1) is 13.2. The molecule has 0 radical (unpaired) electrons. The van der Waals surface area contributed by atoms with E-state index in [1.54, 1.807) is 0 Å². The van der Waals surface area contributed by atoms with Crippen molar-refractivity contribution in [1.82, 2.24) is 9.47 Å². The van der Waals surface area contributed by atoms with Gasteiger partial charge in [-0.2, -0.15) is 0 Å². The zero-order chi connectivity index (χ0) is 18.6. The van der Waals surface area contributed by atoms with Crippen LogP contribution in [0.25, 0.3) is 10.9 Å². The molecule has 2 heterocycles. The Morgan fingerprint density at radius 1 is 1.07 bits per heavy atom. The molecule has 1 saturated heterocycles. The van der Waals surface area contributed by atoms with Crippen molar-refractivity contribution in [3.63, 3.8) is 0 Å². The van der Waals surface area contributed by atoms with Gasteiger partial charge in [-0.3, -0.25) is 0 Å². The summed E-state index contributed by atoms with van der Waals surface area (Å²) >= 11 is 5.81. The third-order valence-corrected chi connectivity index (χ3v) is 5.48. The van der Waals surface area contributed by atoms with Crippen LogP contribution in [0.2, 0.25) is 0 Å². The SMILES string of the molecule is Cc1ccccc1OCCn1cc(C(=S)N2CCOCC2)c2ccccc21. The van der Waals surface area contributed by atoms with Crippen LogP contribution in [-0.4, -0.2) is 47.4 Å². The molecule has 4 rings (SSSR count). The Morgan fingerprint density at radius 2 is 1.81 bits per heavy atom. The van der Waals surface area contributed by atoms with E-state index in [-0.39, 0.29) is 0 Å². The topological polar surface area (TPSA) is 26.6 Å². The molecule has 0 amide bonds. The summed E-state index contributed by atoms with van der Waals surface area (Å²) in [5.74, 6) is 0.943. The lowest BCUT2D eigenvalue weighted by Crippen LogP contribution is -2.40. The molecular formula is C22H24N2O2S. The smallest absolute Gasteiger partial charge is 0.122 e. The van der Waals surface area contributed by atoms with Crippen LogP contribution < -0.4 is 4.74 Å². The van der Waals surface area contributed by atoms with Crippen LogP contribution >= 0.6 is 12.2 Å². The van der Waals surface area contributed by atoms with Crippen molar-refractivity contribution in [2.24, 2.45) is 0 Å². The van der Waals surface area contributed by atoms with Crippen molar-refractivity contribution in [3.8, 4) is 5.75 Å². The fraction of sp³-hybridized carbons (Fsp3) is 0.318. The molecule has 0 N–H and O–H groups in total. The number of hydrogen-bond acceptors (Lipinski definition) is 3. The molecule has 0 spiro atoms. The Bertz CT molecular complexity index is 944. The predicted molar refractivity (Wildman–Crippen MR) is 113 cm³/mol. The lowest BCUT2D eigenvalue weighted by atomic mass is 10.1. The second kappa shape index (κ2) is 8.11. The molecule has 0 bridgehead atoms. The number of benzene rings is 2. The first-order valence-corrected chi connectivity index (χ1v) is 9.78. The molecule has 3 aromatic rings. The van der Waals surface area contributed by atoms with Gasteiger partial charge in [0.25, 0.3) is 0 Å². The first kappa shape index (κ1) is 18.0. The van der Waals surface area contributed by atoms with E-state index in [4.69, 9.17) is 21.7 Å². The zero-order valence-corrected chi connectivity index (χ0v) is 16.4. The summed E-state index contributed by atoms with van der Waals surface area (Å²) in [6.07, 6.45) is 2.17. The summed E-state index contributed by atoms with van der Waals surface area (Å²) < 4.78 is 13.7.